The molecule has 1 aromatic rings. The molecule has 0 radical (unpaired) electrons. The molecule has 2 aliphatic carbocycles. The van der Waals surface area contributed by atoms with Gasteiger partial charge in [-0.15, -0.1) is 0 Å². The minimum absolute atomic E-state index is 0.0643. The number of amides is 7. The summed E-state index contributed by atoms with van der Waals surface area (Å²) in [6.45, 7) is 6.76. The molecule has 1 aromatic carbocycles. The number of nitrogens with zero attached hydrogens (tertiary/aromatic N) is 3. The maximum atomic E-state index is 13.4. The van der Waals surface area contributed by atoms with Crippen molar-refractivity contribution in [3.63, 3.8) is 0 Å². The predicted octanol–water partition coefficient (Wildman–Crippen LogP) is 3.29. The van der Waals surface area contributed by atoms with Crippen LogP contribution in [0.1, 0.15) is 69.7 Å². The highest BCUT2D eigenvalue weighted by atomic mass is 16.2. The minimum atomic E-state index is -0.449. The number of imide groups is 1. The standard InChI is InChI=1S/C30H40N6O5/c1-18(2)36-26-12-11-23(15-25(26)28(39)35(30(36)41)16-20-9-10-20)33-29(40)34-13-5-8-24(17-34)32-27(38)21-6-4-7-22(14-21)31-19(3)37/h4,6-7,12,14,18,20,23-25H,5,8-11,13,15-17H2,1-3H3,(H,31,37)(H,32,38)(H,33,40)/t23?,24-,25?/m1/s1. The quantitative estimate of drug-likeness (QED) is 0.468. The molecule has 2 aliphatic heterocycles. The van der Waals surface area contributed by atoms with Crippen molar-refractivity contribution in [1.29, 1.82) is 0 Å². The second-order valence-corrected chi connectivity index (χ2v) is 12.0. The Hall–Kier alpha value is -3.89. The average Bonchev–Trinajstić information content (AvgIpc) is 3.75. The molecule has 2 heterocycles. The van der Waals surface area contributed by atoms with Crippen LogP contribution >= 0.6 is 0 Å². The molecule has 41 heavy (non-hydrogen) atoms. The largest absolute Gasteiger partial charge is 0.348 e. The number of hydrogen-bond acceptors (Lipinski definition) is 5. The highest BCUT2D eigenvalue weighted by Gasteiger charge is 2.47. The van der Waals surface area contributed by atoms with Crippen LogP contribution < -0.4 is 16.0 Å². The molecule has 220 valence electrons. The highest BCUT2D eigenvalue weighted by Crippen LogP contribution is 2.38. The fourth-order valence-corrected chi connectivity index (χ4v) is 6.04. The van der Waals surface area contributed by atoms with E-state index in [-0.39, 0.29) is 47.9 Å². The Morgan fingerprint density at radius 2 is 1.83 bits per heavy atom. The maximum Gasteiger partial charge on any atom is 0.331 e. The molecule has 1 saturated carbocycles. The van der Waals surface area contributed by atoms with Crippen LogP contribution in [0, 0.1) is 11.8 Å². The molecule has 2 unspecified atom stereocenters. The third-order valence-corrected chi connectivity index (χ3v) is 8.24. The van der Waals surface area contributed by atoms with Crippen LogP contribution in [0.2, 0.25) is 0 Å². The number of carbonyl (C=O) groups is 5. The molecule has 0 aromatic heterocycles. The number of benzene rings is 1. The molecule has 0 spiro atoms. The Morgan fingerprint density at radius 1 is 1.05 bits per heavy atom. The van der Waals surface area contributed by atoms with Gasteiger partial charge >= 0.3 is 12.1 Å². The normalized spacial score (nSPS) is 24.5. The molecule has 11 heteroatoms. The lowest BCUT2D eigenvalue weighted by atomic mass is 9.85. The van der Waals surface area contributed by atoms with Crippen LogP contribution in [0.15, 0.2) is 36.0 Å². The first-order chi connectivity index (χ1) is 19.6. The molecule has 3 N–H and O–H groups in total. The monoisotopic (exact) mass is 564 g/mol. The molecular weight excluding hydrogens is 524 g/mol. The lowest BCUT2D eigenvalue weighted by molar-refractivity contribution is -0.135. The van der Waals surface area contributed by atoms with Gasteiger partial charge in [-0.05, 0) is 76.5 Å². The molecule has 3 atom stereocenters. The number of rotatable bonds is 7. The summed E-state index contributed by atoms with van der Waals surface area (Å²) in [5.41, 5.74) is 1.74. The fraction of sp³-hybridized carbons (Fsp3) is 0.567. The van der Waals surface area contributed by atoms with Gasteiger partial charge in [0.1, 0.15) is 0 Å². The molecule has 2 saturated heterocycles. The lowest BCUT2D eigenvalue weighted by Crippen LogP contribution is -2.60. The number of nitrogens with one attached hydrogen (secondary N) is 3. The number of hydrogen-bond donors (Lipinski definition) is 3. The zero-order chi connectivity index (χ0) is 29.3. The van der Waals surface area contributed by atoms with Crippen molar-refractivity contribution in [3.8, 4) is 0 Å². The smallest absolute Gasteiger partial charge is 0.331 e. The summed E-state index contributed by atoms with van der Waals surface area (Å²) in [5.74, 6) is -0.683. The Bertz CT molecular complexity index is 1260. The van der Waals surface area contributed by atoms with Gasteiger partial charge in [-0.25, -0.2) is 9.59 Å². The van der Waals surface area contributed by atoms with E-state index in [1.54, 1.807) is 34.1 Å². The van der Waals surface area contributed by atoms with Crippen LogP contribution in [-0.4, -0.2) is 82.2 Å². The maximum absolute atomic E-state index is 13.4. The summed E-state index contributed by atoms with van der Waals surface area (Å²) in [7, 11) is 0. The van der Waals surface area contributed by atoms with Crippen molar-refractivity contribution in [2.45, 2.75) is 77.4 Å². The summed E-state index contributed by atoms with van der Waals surface area (Å²) < 4.78 is 0. The number of carbonyl (C=O) groups excluding carboxylic acids is 5. The molecule has 7 amide bonds. The van der Waals surface area contributed by atoms with Gasteiger partial charge < -0.3 is 20.9 Å². The second kappa shape index (κ2) is 11.9. The van der Waals surface area contributed by atoms with Crippen LogP contribution in [0.3, 0.4) is 0 Å². The van der Waals surface area contributed by atoms with Gasteiger partial charge in [0.05, 0.1) is 5.92 Å². The van der Waals surface area contributed by atoms with Crippen LogP contribution in [0.4, 0.5) is 15.3 Å². The first kappa shape index (κ1) is 28.6. The van der Waals surface area contributed by atoms with E-state index in [1.165, 1.54) is 11.8 Å². The summed E-state index contributed by atoms with van der Waals surface area (Å²) in [6.07, 6.45) is 6.54. The van der Waals surface area contributed by atoms with E-state index in [9.17, 15) is 24.0 Å². The molecule has 0 bridgehead atoms. The Kier molecular flexibility index (Phi) is 8.32. The molecule has 5 rings (SSSR count). The first-order valence-electron chi connectivity index (χ1n) is 14.7. The van der Waals surface area contributed by atoms with E-state index in [4.69, 9.17) is 0 Å². The first-order valence-corrected chi connectivity index (χ1v) is 14.7. The van der Waals surface area contributed by atoms with Gasteiger partial charge in [0.2, 0.25) is 11.8 Å². The Balaban J connectivity index is 1.19. The summed E-state index contributed by atoms with van der Waals surface area (Å²) in [4.78, 5) is 69.0. The third-order valence-electron chi connectivity index (χ3n) is 8.24. The van der Waals surface area contributed by atoms with Gasteiger partial charge in [0.15, 0.2) is 0 Å². The van der Waals surface area contributed by atoms with Gasteiger partial charge in [-0.2, -0.15) is 0 Å². The summed E-state index contributed by atoms with van der Waals surface area (Å²) >= 11 is 0. The van der Waals surface area contributed by atoms with Gasteiger partial charge in [0.25, 0.3) is 5.91 Å². The van der Waals surface area contributed by atoms with Gasteiger partial charge in [0, 0.05) is 61.6 Å². The van der Waals surface area contributed by atoms with E-state index in [2.05, 4.69) is 16.0 Å². The highest BCUT2D eigenvalue weighted by molar-refractivity contribution is 6.01. The Morgan fingerprint density at radius 3 is 2.54 bits per heavy atom. The van der Waals surface area contributed by atoms with Gasteiger partial charge in [-0.3, -0.25) is 24.2 Å². The van der Waals surface area contributed by atoms with Crippen molar-refractivity contribution in [3.05, 3.63) is 41.6 Å². The van der Waals surface area contributed by atoms with Crippen molar-refractivity contribution >= 4 is 35.5 Å². The van der Waals surface area contributed by atoms with Crippen LogP contribution in [0.5, 0.6) is 0 Å². The van der Waals surface area contributed by atoms with Gasteiger partial charge in [-0.1, -0.05) is 12.1 Å². The zero-order valence-corrected chi connectivity index (χ0v) is 24.0. The topological polar surface area (TPSA) is 131 Å². The fourth-order valence-electron chi connectivity index (χ4n) is 6.04. The molecule has 11 nitrogen and oxygen atoms in total. The van der Waals surface area contributed by atoms with E-state index in [0.29, 0.717) is 49.6 Å². The SMILES string of the molecule is CC(=O)Nc1cccc(C(=O)N[C@@H]2CCCN(C(=O)NC3CC=C4C(C3)C(=O)N(CC3CC3)C(=O)N4C(C)C)C2)c1. The predicted molar refractivity (Wildman–Crippen MR) is 153 cm³/mol. The van der Waals surface area contributed by atoms with E-state index < -0.39 is 5.92 Å². The Labute approximate surface area is 240 Å². The molecule has 4 aliphatic rings. The van der Waals surface area contributed by atoms with Crippen molar-refractivity contribution < 1.29 is 24.0 Å². The summed E-state index contributed by atoms with van der Waals surface area (Å²) in [6, 6.07) is 5.81. The van der Waals surface area contributed by atoms with Crippen LogP contribution in [0.25, 0.3) is 0 Å². The number of fused-ring (bicyclic) bond motifs is 1. The van der Waals surface area contributed by atoms with Crippen molar-refractivity contribution in [1.82, 2.24) is 25.3 Å². The summed E-state index contributed by atoms with van der Waals surface area (Å²) in [5, 5.41) is 8.81. The molecule has 3 fully saturated rings. The van der Waals surface area contributed by atoms with Crippen molar-refractivity contribution in [2.75, 3.05) is 25.0 Å². The van der Waals surface area contributed by atoms with E-state index in [0.717, 1.165) is 31.4 Å². The number of likely N-dealkylation sites (tertiary alicyclic amines) is 1. The average molecular weight is 565 g/mol. The number of anilines is 1. The van der Waals surface area contributed by atoms with Crippen LogP contribution in [-0.2, 0) is 9.59 Å². The second-order valence-electron chi connectivity index (χ2n) is 12.0. The van der Waals surface area contributed by atoms with E-state index in [1.807, 2.05) is 19.9 Å². The minimum Gasteiger partial charge on any atom is -0.348 e. The number of piperidine rings is 1. The molecular formula is C30H40N6O5. The lowest BCUT2D eigenvalue weighted by Gasteiger charge is -2.45. The number of urea groups is 2. The van der Waals surface area contributed by atoms with E-state index >= 15 is 0 Å². The zero-order valence-electron chi connectivity index (χ0n) is 24.0. The van der Waals surface area contributed by atoms with Crippen molar-refractivity contribution in [2.24, 2.45) is 11.8 Å². The third kappa shape index (κ3) is 6.55.